The molecule has 0 aromatic carbocycles. The van der Waals surface area contributed by atoms with Crippen LogP contribution in [0.15, 0.2) is 0 Å². The van der Waals surface area contributed by atoms with Gasteiger partial charge < -0.3 is 9.84 Å². The second-order valence-electron chi connectivity index (χ2n) is 2.25. The molecule has 0 aromatic heterocycles. The summed E-state index contributed by atoms with van der Waals surface area (Å²) >= 11 is 0. The Morgan fingerprint density at radius 3 is 2.07 bits per heavy atom. The van der Waals surface area contributed by atoms with E-state index in [9.17, 15) is 9.59 Å². The minimum Gasteiger partial charge on any atom is -0.466 e. The third-order valence-electron chi connectivity index (χ3n) is 1.09. The van der Waals surface area contributed by atoms with Crippen molar-refractivity contribution < 1.29 is 29.2 Å². The average molecular weight is 222 g/mol. The molecule has 0 saturated carbocycles. The molecule has 0 bridgehead atoms. The first-order chi connectivity index (χ1) is 7.12. The standard InChI is InChI=1S/C5H10O3.C4H8O3/c1-2-8-5(7)3-4-6;1-3-4(5)7-6-2/h6H,2-4H2,1H3;3H2,1-2H3. The smallest absolute Gasteiger partial charge is 0.342 e. The van der Waals surface area contributed by atoms with E-state index < -0.39 is 0 Å². The quantitative estimate of drug-likeness (QED) is 0.412. The summed E-state index contributed by atoms with van der Waals surface area (Å²) in [6.07, 6.45) is 0.460. The van der Waals surface area contributed by atoms with Gasteiger partial charge in [0.05, 0.1) is 26.7 Å². The van der Waals surface area contributed by atoms with E-state index in [4.69, 9.17) is 5.11 Å². The van der Waals surface area contributed by atoms with Crippen LogP contribution in [-0.2, 0) is 24.1 Å². The monoisotopic (exact) mass is 222 g/mol. The number of rotatable bonds is 5. The first-order valence-corrected chi connectivity index (χ1v) is 4.62. The van der Waals surface area contributed by atoms with E-state index in [0.29, 0.717) is 13.0 Å². The van der Waals surface area contributed by atoms with Crippen molar-refractivity contribution in [3.8, 4) is 0 Å². The highest BCUT2D eigenvalue weighted by Crippen LogP contribution is 1.82. The zero-order valence-corrected chi connectivity index (χ0v) is 9.32. The number of ether oxygens (including phenoxy) is 1. The Kier molecular flexibility index (Phi) is 14.0. The van der Waals surface area contributed by atoms with Gasteiger partial charge in [0, 0.05) is 6.42 Å². The Morgan fingerprint density at radius 1 is 1.20 bits per heavy atom. The van der Waals surface area contributed by atoms with Crippen LogP contribution >= 0.6 is 0 Å². The number of hydrogen-bond donors (Lipinski definition) is 1. The van der Waals surface area contributed by atoms with Crippen LogP contribution in [0.25, 0.3) is 0 Å². The molecule has 0 radical (unpaired) electrons. The molecule has 0 spiro atoms. The van der Waals surface area contributed by atoms with Crippen LogP contribution in [0.2, 0.25) is 0 Å². The lowest BCUT2D eigenvalue weighted by molar-refractivity contribution is -0.254. The van der Waals surface area contributed by atoms with Crippen LogP contribution in [0.5, 0.6) is 0 Å². The van der Waals surface area contributed by atoms with Crippen molar-refractivity contribution in [2.24, 2.45) is 0 Å². The summed E-state index contributed by atoms with van der Waals surface area (Å²) < 4.78 is 4.48. The van der Waals surface area contributed by atoms with Crippen molar-refractivity contribution >= 4 is 11.9 Å². The van der Waals surface area contributed by atoms with Crippen LogP contribution in [0.4, 0.5) is 0 Å². The fourth-order valence-electron chi connectivity index (χ4n) is 0.476. The molecule has 0 rings (SSSR count). The maximum Gasteiger partial charge on any atom is 0.342 e. The number of esters is 1. The van der Waals surface area contributed by atoms with Gasteiger partial charge in [-0.05, 0) is 6.92 Å². The Labute approximate surface area is 89.1 Å². The zero-order chi connectivity index (χ0) is 12.1. The summed E-state index contributed by atoms with van der Waals surface area (Å²) in [7, 11) is 1.30. The molecule has 90 valence electrons. The van der Waals surface area contributed by atoms with Crippen molar-refractivity contribution in [1.29, 1.82) is 0 Å². The van der Waals surface area contributed by atoms with Crippen LogP contribution in [0, 0.1) is 0 Å². The number of aliphatic hydroxyl groups is 1. The number of carbonyl (C=O) groups is 2. The van der Waals surface area contributed by atoms with Gasteiger partial charge >= 0.3 is 11.9 Å². The molecule has 0 aromatic rings. The van der Waals surface area contributed by atoms with Crippen molar-refractivity contribution in [1.82, 2.24) is 0 Å². The largest absolute Gasteiger partial charge is 0.466 e. The normalized spacial score (nSPS) is 8.53. The molecule has 0 aliphatic rings. The summed E-state index contributed by atoms with van der Waals surface area (Å²) in [5.74, 6) is -0.683. The molecule has 0 aliphatic carbocycles. The number of carbonyl (C=O) groups excluding carboxylic acids is 2. The van der Waals surface area contributed by atoms with Crippen molar-refractivity contribution in [2.45, 2.75) is 26.7 Å². The lowest BCUT2D eigenvalue weighted by Crippen LogP contribution is -2.05. The first-order valence-electron chi connectivity index (χ1n) is 4.62. The van der Waals surface area contributed by atoms with Gasteiger partial charge in [-0.15, -0.1) is 0 Å². The molecule has 15 heavy (non-hydrogen) atoms. The maximum absolute atomic E-state index is 10.3. The van der Waals surface area contributed by atoms with E-state index in [-0.39, 0.29) is 25.0 Å². The van der Waals surface area contributed by atoms with Gasteiger partial charge in [-0.3, -0.25) is 9.68 Å². The molecule has 0 unspecified atom stereocenters. The average Bonchev–Trinajstić information content (AvgIpc) is 2.20. The predicted octanol–water partition coefficient (Wildman–Crippen LogP) is 0.433. The van der Waals surface area contributed by atoms with E-state index in [1.165, 1.54) is 7.11 Å². The number of hydrogen-bond acceptors (Lipinski definition) is 6. The van der Waals surface area contributed by atoms with Gasteiger partial charge in [0.2, 0.25) is 0 Å². The lowest BCUT2D eigenvalue weighted by Gasteiger charge is -1.96. The van der Waals surface area contributed by atoms with Gasteiger partial charge in [-0.1, -0.05) is 6.92 Å². The third-order valence-corrected chi connectivity index (χ3v) is 1.09. The van der Waals surface area contributed by atoms with Gasteiger partial charge in [0.1, 0.15) is 0 Å². The Balaban J connectivity index is 0. The lowest BCUT2D eigenvalue weighted by atomic mass is 10.5. The van der Waals surface area contributed by atoms with Gasteiger partial charge in [-0.25, -0.2) is 4.79 Å². The fraction of sp³-hybridized carbons (Fsp3) is 0.778. The van der Waals surface area contributed by atoms with E-state index in [1.807, 2.05) is 0 Å². The Morgan fingerprint density at radius 2 is 1.80 bits per heavy atom. The summed E-state index contributed by atoms with van der Waals surface area (Å²) in [6, 6.07) is 0. The Hall–Kier alpha value is -1.14. The minimum absolute atomic E-state index is 0.105. The van der Waals surface area contributed by atoms with Crippen molar-refractivity contribution in [3.63, 3.8) is 0 Å². The predicted molar refractivity (Wildman–Crippen MR) is 51.7 cm³/mol. The van der Waals surface area contributed by atoms with E-state index >= 15 is 0 Å². The van der Waals surface area contributed by atoms with Crippen LogP contribution in [0.1, 0.15) is 26.7 Å². The van der Waals surface area contributed by atoms with Crippen LogP contribution in [0.3, 0.4) is 0 Å². The van der Waals surface area contributed by atoms with Crippen molar-refractivity contribution in [3.05, 3.63) is 0 Å². The maximum atomic E-state index is 10.3. The molecular weight excluding hydrogens is 204 g/mol. The highest BCUT2D eigenvalue weighted by Gasteiger charge is 1.96. The van der Waals surface area contributed by atoms with Gasteiger partial charge in [-0.2, -0.15) is 4.89 Å². The zero-order valence-electron chi connectivity index (χ0n) is 9.32. The third kappa shape index (κ3) is 15.6. The van der Waals surface area contributed by atoms with Gasteiger partial charge in [0.25, 0.3) is 0 Å². The molecule has 0 atom stereocenters. The van der Waals surface area contributed by atoms with Gasteiger partial charge in [0.15, 0.2) is 0 Å². The summed E-state index contributed by atoms with van der Waals surface area (Å²) in [6.45, 7) is 3.69. The summed E-state index contributed by atoms with van der Waals surface area (Å²) in [5, 5.41) is 8.16. The van der Waals surface area contributed by atoms with Crippen molar-refractivity contribution in [2.75, 3.05) is 20.3 Å². The summed E-state index contributed by atoms with van der Waals surface area (Å²) in [4.78, 5) is 28.4. The Bertz CT molecular complexity index is 160. The first kappa shape index (κ1) is 16.3. The summed E-state index contributed by atoms with van der Waals surface area (Å²) in [5.41, 5.74) is 0. The highest BCUT2D eigenvalue weighted by molar-refractivity contribution is 5.69. The van der Waals surface area contributed by atoms with Crippen LogP contribution in [-0.4, -0.2) is 37.4 Å². The van der Waals surface area contributed by atoms with E-state index in [1.54, 1.807) is 13.8 Å². The van der Waals surface area contributed by atoms with E-state index in [0.717, 1.165) is 0 Å². The highest BCUT2D eigenvalue weighted by atomic mass is 17.2. The van der Waals surface area contributed by atoms with Crippen LogP contribution < -0.4 is 0 Å². The SMILES string of the molecule is CCC(=O)OOC.CCOC(=O)CCO. The fourth-order valence-corrected chi connectivity index (χ4v) is 0.476. The molecule has 0 aliphatic heterocycles. The topological polar surface area (TPSA) is 82.1 Å². The molecule has 0 amide bonds. The molecule has 6 nitrogen and oxygen atoms in total. The number of aliphatic hydroxyl groups excluding tert-OH is 1. The molecule has 0 saturated heterocycles. The molecule has 0 fully saturated rings. The second-order valence-corrected chi connectivity index (χ2v) is 2.25. The molecule has 6 heteroatoms. The minimum atomic E-state index is -0.345. The van der Waals surface area contributed by atoms with E-state index in [2.05, 4.69) is 14.5 Å². The molecule has 0 heterocycles. The molecular formula is C9H18O6. The molecule has 1 N–H and O–H groups in total. The second kappa shape index (κ2) is 12.9.